The number of carbonyl (C=O) groups excluding carboxylic acids is 1. The normalized spacial score (nSPS) is 16.5. The zero-order valence-corrected chi connectivity index (χ0v) is 28.9. The molecule has 6 aromatic rings. The minimum absolute atomic E-state index is 0.0682. The second-order valence-corrected chi connectivity index (χ2v) is 13.7. The molecule has 0 bridgehead atoms. The number of hydrogen-bond donors (Lipinski definition) is 3. The van der Waals surface area contributed by atoms with E-state index in [1.807, 2.05) is 60.7 Å². The van der Waals surface area contributed by atoms with Crippen molar-refractivity contribution in [1.82, 2.24) is 30.8 Å². The second-order valence-electron chi connectivity index (χ2n) is 13.7. The number of allylic oxidation sites excluding steroid dienone is 4. The standard InChI is InChI=1S/C43H42N6O3/c50-41(39(45-42(51)52)30-33-18-20-35-14-6-8-16-37(35)28-33)44-38(29-32-17-19-34-13-5-7-15-36(34)27-32)40-46-47-48-49(40)26-25-43(22-9-2-10-23-43)24-21-31-11-3-1-4-12-31/h1-20,22,27-28,38-39,45H,21,23-26,29-30H2,(H,44,50)(H,51,52)/t38-,39-,43?/m1/s1. The molecule has 1 aliphatic rings. The molecule has 9 nitrogen and oxygen atoms in total. The summed E-state index contributed by atoms with van der Waals surface area (Å²) in [5, 5.41) is 32.7. The molecule has 7 rings (SSSR count). The van der Waals surface area contributed by atoms with Crippen LogP contribution in [0.2, 0.25) is 0 Å². The lowest BCUT2D eigenvalue weighted by molar-refractivity contribution is -0.123. The third-order valence-electron chi connectivity index (χ3n) is 10.1. The van der Waals surface area contributed by atoms with Crippen LogP contribution in [0.1, 0.15) is 47.8 Å². The maximum absolute atomic E-state index is 14.1. The van der Waals surface area contributed by atoms with Crippen LogP contribution in [-0.2, 0) is 30.6 Å². The maximum Gasteiger partial charge on any atom is 0.405 e. The highest BCUT2D eigenvalue weighted by Gasteiger charge is 2.30. The molecule has 0 radical (unpaired) electrons. The van der Waals surface area contributed by atoms with Gasteiger partial charge in [-0.3, -0.25) is 4.79 Å². The molecule has 0 fully saturated rings. The van der Waals surface area contributed by atoms with Gasteiger partial charge in [-0.05, 0) is 79.8 Å². The lowest BCUT2D eigenvalue weighted by Gasteiger charge is -2.32. The molecular weight excluding hydrogens is 649 g/mol. The molecule has 0 saturated carbocycles. The first-order valence-corrected chi connectivity index (χ1v) is 17.8. The van der Waals surface area contributed by atoms with Crippen LogP contribution in [0.4, 0.5) is 4.79 Å². The number of carboxylic acid groups (broad SMARTS) is 1. The summed E-state index contributed by atoms with van der Waals surface area (Å²) in [4.78, 5) is 26.1. The molecule has 5 aromatic carbocycles. The van der Waals surface area contributed by atoms with Gasteiger partial charge in [-0.15, -0.1) is 5.10 Å². The van der Waals surface area contributed by atoms with Crippen molar-refractivity contribution >= 4 is 33.5 Å². The van der Waals surface area contributed by atoms with Crippen molar-refractivity contribution < 1.29 is 14.7 Å². The van der Waals surface area contributed by atoms with Crippen LogP contribution in [0.5, 0.6) is 0 Å². The average molecular weight is 691 g/mol. The number of aromatic nitrogens is 4. The Bertz CT molecular complexity index is 2230. The molecule has 1 aromatic heterocycles. The Kier molecular flexibility index (Phi) is 10.5. The summed E-state index contributed by atoms with van der Waals surface area (Å²) in [6, 6.07) is 37.1. The molecule has 3 atom stereocenters. The number of tetrazole rings is 1. The number of nitrogens with one attached hydrogen (secondary N) is 2. The van der Waals surface area contributed by atoms with Gasteiger partial charge in [0.25, 0.3) is 0 Å². The summed E-state index contributed by atoms with van der Waals surface area (Å²) in [5.74, 6) is 0.0745. The van der Waals surface area contributed by atoms with Gasteiger partial charge in [0, 0.05) is 19.4 Å². The summed E-state index contributed by atoms with van der Waals surface area (Å²) in [5.41, 5.74) is 3.08. The van der Waals surface area contributed by atoms with Gasteiger partial charge in [0.05, 0.1) is 6.04 Å². The van der Waals surface area contributed by atoms with Crippen LogP contribution in [0, 0.1) is 5.41 Å². The minimum Gasteiger partial charge on any atom is -0.465 e. The molecule has 0 aliphatic heterocycles. The van der Waals surface area contributed by atoms with Crippen molar-refractivity contribution in [1.29, 1.82) is 0 Å². The lowest BCUT2D eigenvalue weighted by Crippen LogP contribution is -2.49. The van der Waals surface area contributed by atoms with Crippen LogP contribution in [0.15, 0.2) is 140 Å². The highest BCUT2D eigenvalue weighted by molar-refractivity contribution is 5.87. The number of nitrogens with zero attached hydrogens (tertiary/aromatic N) is 4. The first-order valence-electron chi connectivity index (χ1n) is 17.8. The van der Waals surface area contributed by atoms with Crippen LogP contribution in [0.3, 0.4) is 0 Å². The zero-order chi connectivity index (χ0) is 35.8. The van der Waals surface area contributed by atoms with Gasteiger partial charge in [0.1, 0.15) is 6.04 Å². The Morgan fingerprint density at radius 3 is 2.04 bits per heavy atom. The second kappa shape index (κ2) is 15.9. The van der Waals surface area contributed by atoms with E-state index >= 15 is 0 Å². The molecular formula is C43H42N6O3. The van der Waals surface area contributed by atoms with Gasteiger partial charge in [0.15, 0.2) is 5.82 Å². The average Bonchev–Trinajstić information content (AvgIpc) is 3.65. The Morgan fingerprint density at radius 2 is 1.38 bits per heavy atom. The number of amides is 2. The Morgan fingerprint density at radius 1 is 0.731 bits per heavy atom. The van der Waals surface area contributed by atoms with Crippen LogP contribution in [-0.4, -0.2) is 43.4 Å². The van der Waals surface area contributed by atoms with Crippen molar-refractivity contribution in [3.05, 3.63) is 162 Å². The Balaban J connectivity index is 1.15. The fourth-order valence-electron chi connectivity index (χ4n) is 7.23. The SMILES string of the molecule is O=C(O)N[C@H](Cc1ccc2ccccc2c1)C(=O)N[C@H](Cc1ccc2ccccc2c1)c1nnnn1CCC1(CCc2ccccc2)C=CC=CC1. The first kappa shape index (κ1) is 34.4. The van der Waals surface area contributed by atoms with E-state index in [9.17, 15) is 14.7 Å². The number of benzene rings is 5. The summed E-state index contributed by atoms with van der Waals surface area (Å²) in [6.07, 6.45) is 11.7. The predicted octanol–water partition coefficient (Wildman–Crippen LogP) is 7.78. The van der Waals surface area contributed by atoms with Crippen LogP contribution in [0.25, 0.3) is 21.5 Å². The highest BCUT2D eigenvalue weighted by Crippen LogP contribution is 2.37. The number of hydrogen-bond acceptors (Lipinski definition) is 5. The van der Waals surface area contributed by atoms with Gasteiger partial charge < -0.3 is 15.7 Å². The van der Waals surface area contributed by atoms with Gasteiger partial charge >= 0.3 is 6.09 Å². The van der Waals surface area contributed by atoms with Gasteiger partial charge in [-0.1, -0.05) is 140 Å². The molecule has 0 saturated heterocycles. The van der Waals surface area contributed by atoms with Crippen molar-refractivity contribution in [2.45, 2.75) is 57.2 Å². The maximum atomic E-state index is 14.1. The fourth-order valence-corrected chi connectivity index (χ4v) is 7.23. The van der Waals surface area contributed by atoms with E-state index in [-0.39, 0.29) is 11.8 Å². The smallest absolute Gasteiger partial charge is 0.405 e. The van der Waals surface area contributed by atoms with Crippen molar-refractivity contribution in [3.63, 3.8) is 0 Å². The Labute approximate surface area is 303 Å². The molecule has 2 amide bonds. The number of rotatable bonds is 14. The molecule has 1 unspecified atom stereocenters. The summed E-state index contributed by atoms with van der Waals surface area (Å²) < 4.78 is 1.80. The molecule has 262 valence electrons. The largest absolute Gasteiger partial charge is 0.465 e. The van der Waals surface area contributed by atoms with E-state index in [0.717, 1.165) is 58.4 Å². The van der Waals surface area contributed by atoms with E-state index in [4.69, 9.17) is 0 Å². The van der Waals surface area contributed by atoms with Gasteiger partial charge in [0.2, 0.25) is 5.91 Å². The van der Waals surface area contributed by atoms with E-state index in [1.54, 1.807) is 4.68 Å². The molecule has 0 spiro atoms. The molecule has 9 heteroatoms. The first-order chi connectivity index (χ1) is 25.4. The minimum atomic E-state index is -1.27. The van der Waals surface area contributed by atoms with Crippen molar-refractivity contribution in [2.75, 3.05) is 0 Å². The molecule has 3 N–H and O–H groups in total. The van der Waals surface area contributed by atoms with Crippen LogP contribution >= 0.6 is 0 Å². The van der Waals surface area contributed by atoms with E-state index in [0.29, 0.717) is 18.8 Å². The molecule has 1 aliphatic carbocycles. The summed E-state index contributed by atoms with van der Waals surface area (Å²) in [6.45, 7) is 0.549. The summed E-state index contributed by atoms with van der Waals surface area (Å²) >= 11 is 0. The molecule has 52 heavy (non-hydrogen) atoms. The number of fused-ring (bicyclic) bond motifs is 2. The fraction of sp³-hybridized carbons (Fsp3) is 0.233. The third kappa shape index (κ3) is 8.43. The van der Waals surface area contributed by atoms with E-state index in [2.05, 4.69) is 105 Å². The topological polar surface area (TPSA) is 122 Å². The summed E-state index contributed by atoms with van der Waals surface area (Å²) in [7, 11) is 0. The van der Waals surface area contributed by atoms with Crippen molar-refractivity contribution in [2.24, 2.45) is 5.41 Å². The lowest BCUT2D eigenvalue weighted by atomic mass is 9.74. The van der Waals surface area contributed by atoms with E-state index in [1.165, 1.54) is 5.56 Å². The van der Waals surface area contributed by atoms with Gasteiger partial charge in [-0.2, -0.15) is 0 Å². The number of aryl methyl sites for hydroxylation is 2. The number of carbonyl (C=O) groups is 2. The highest BCUT2D eigenvalue weighted by atomic mass is 16.4. The molecule has 1 heterocycles. The monoisotopic (exact) mass is 690 g/mol. The van der Waals surface area contributed by atoms with Crippen LogP contribution < -0.4 is 10.6 Å². The van der Waals surface area contributed by atoms with Gasteiger partial charge in [-0.25, -0.2) is 9.48 Å². The van der Waals surface area contributed by atoms with Crippen molar-refractivity contribution in [3.8, 4) is 0 Å². The zero-order valence-electron chi connectivity index (χ0n) is 28.9. The predicted molar refractivity (Wildman–Crippen MR) is 204 cm³/mol. The van der Waals surface area contributed by atoms with E-state index < -0.39 is 24.1 Å². The Hall–Kier alpha value is -6.09. The third-order valence-corrected chi connectivity index (χ3v) is 10.1. The quantitative estimate of drug-likeness (QED) is 0.107.